The molecule has 0 amide bonds. The molecule has 0 bridgehead atoms. The summed E-state index contributed by atoms with van der Waals surface area (Å²) in [6, 6.07) is 3.12. The molecule has 15 heavy (non-hydrogen) atoms. The molecule has 2 aromatic heterocycles. The van der Waals surface area contributed by atoms with Crippen molar-refractivity contribution in [1.29, 1.82) is 0 Å². The summed E-state index contributed by atoms with van der Waals surface area (Å²) >= 11 is 3.06. The Hall–Kier alpha value is -1.43. The van der Waals surface area contributed by atoms with Crippen molar-refractivity contribution in [2.45, 2.75) is 6.61 Å². The van der Waals surface area contributed by atoms with Crippen LogP contribution in [0.25, 0.3) is 0 Å². The van der Waals surface area contributed by atoms with Crippen LogP contribution in [0.3, 0.4) is 0 Å². The van der Waals surface area contributed by atoms with E-state index in [-0.39, 0.29) is 12.4 Å². The van der Waals surface area contributed by atoms with Gasteiger partial charge < -0.3 is 9.72 Å². The maximum Gasteiger partial charge on any atom is 0.256 e. The third kappa shape index (κ3) is 2.53. The van der Waals surface area contributed by atoms with Crippen molar-refractivity contribution in [3.8, 4) is 5.75 Å². The van der Waals surface area contributed by atoms with E-state index < -0.39 is 5.95 Å². The lowest BCUT2D eigenvalue weighted by Gasteiger charge is -2.04. The molecule has 0 radical (unpaired) electrons. The maximum absolute atomic E-state index is 13.2. The predicted molar refractivity (Wildman–Crippen MR) is 54.8 cm³/mol. The zero-order valence-corrected chi connectivity index (χ0v) is 9.16. The van der Waals surface area contributed by atoms with Gasteiger partial charge in [0.15, 0.2) is 5.75 Å². The minimum atomic E-state index is -0.643. The van der Waals surface area contributed by atoms with Crippen LogP contribution in [-0.4, -0.2) is 15.0 Å². The van der Waals surface area contributed by atoms with Crippen LogP contribution in [0.1, 0.15) is 5.82 Å². The molecule has 0 aromatic carbocycles. The van der Waals surface area contributed by atoms with E-state index in [1.54, 1.807) is 18.5 Å². The summed E-state index contributed by atoms with van der Waals surface area (Å²) in [5.74, 6) is 0.0999. The third-order valence-corrected chi connectivity index (χ3v) is 2.14. The number of nitrogens with one attached hydrogen (secondary N) is 1. The average molecular weight is 272 g/mol. The molecule has 78 valence electrons. The topological polar surface area (TPSA) is 50.8 Å². The lowest BCUT2D eigenvalue weighted by Crippen LogP contribution is -2.00. The van der Waals surface area contributed by atoms with Crippen molar-refractivity contribution in [2.24, 2.45) is 0 Å². The van der Waals surface area contributed by atoms with Crippen LogP contribution in [0.5, 0.6) is 5.75 Å². The standard InChI is InChI=1S/C9H7BrFN3O/c10-7-2-1-6(9(11)14-7)15-5-8-12-3-4-13-8/h1-4H,5H2,(H,12,13). The SMILES string of the molecule is Fc1nc(Br)ccc1OCc1ncc[nH]1. The van der Waals surface area contributed by atoms with E-state index in [9.17, 15) is 4.39 Å². The fourth-order valence-corrected chi connectivity index (χ4v) is 1.32. The summed E-state index contributed by atoms with van der Waals surface area (Å²) in [5.41, 5.74) is 0. The van der Waals surface area contributed by atoms with Crippen LogP contribution in [0, 0.1) is 5.95 Å². The zero-order valence-electron chi connectivity index (χ0n) is 7.58. The Balaban J connectivity index is 2.05. The number of halogens is 2. The molecular formula is C9H7BrFN3O. The molecular weight excluding hydrogens is 265 g/mol. The van der Waals surface area contributed by atoms with Crippen molar-refractivity contribution in [3.05, 3.63) is 40.9 Å². The summed E-state index contributed by atoms with van der Waals surface area (Å²) < 4.78 is 18.8. The Morgan fingerprint density at radius 2 is 2.33 bits per heavy atom. The summed E-state index contributed by atoms with van der Waals surface area (Å²) in [4.78, 5) is 10.4. The highest BCUT2D eigenvalue weighted by Crippen LogP contribution is 2.18. The highest BCUT2D eigenvalue weighted by Gasteiger charge is 2.06. The Morgan fingerprint density at radius 3 is 3.00 bits per heavy atom. The monoisotopic (exact) mass is 271 g/mol. The molecule has 0 spiro atoms. The molecule has 0 atom stereocenters. The van der Waals surface area contributed by atoms with Gasteiger partial charge in [0, 0.05) is 12.4 Å². The molecule has 0 aliphatic rings. The third-order valence-electron chi connectivity index (χ3n) is 1.70. The highest BCUT2D eigenvalue weighted by molar-refractivity contribution is 9.10. The normalized spacial score (nSPS) is 10.3. The number of rotatable bonds is 3. The Labute approximate surface area is 93.6 Å². The van der Waals surface area contributed by atoms with Crippen LogP contribution in [0.15, 0.2) is 29.1 Å². The van der Waals surface area contributed by atoms with E-state index in [0.717, 1.165) is 0 Å². The first-order valence-electron chi connectivity index (χ1n) is 4.19. The Bertz CT molecular complexity index is 447. The van der Waals surface area contributed by atoms with Gasteiger partial charge in [-0.15, -0.1) is 0 Å². The number of ether oxygens (including phenoxy) is 1. The number of aromatic nitrogens is 3. The number of imidazole rings is 1. The molecule has 1 N–H and O–H groups in total. The quantitative estimate of drug-likeness (QED) is 0.872. The van der Waals surface area contributed by atoms with E-state index in [0.29, 0.717) is 10.4 Å². The first-order chi connectivity index (χ1) is 7.25. The van der Waals surface area contributed by atoms with Gasteiger partial charge in [0.25, 0.3) is 5.95 Å². The molecule has 0 aliphatic carbocycles. The van der Waals surface area contributed by atoms with Crippen LogP contribution in [-0.2, 0) is 6.61 Å². The van der Waals surface area contributed by atoms with Crippen molar-refractivity contribution in [1.82, 2.24) is 15.0 Å². The first-order valence-corrected chi connectivity index (χ1v) is 4.98. The van der Waals surface area contributed by atoms with Crippen LogP contribution >= 0.6 is 15.9 Å². The van der Waals surface area contributed by atoms with Crippen molar-refractivity contribution in [3.63, 3.8) is 0 Å². The summed E-state index contributed by atoms with van der Waals surface area (Å²) in [6.45, 7) is 0.188. The second kappa shape index (κ2) is 4.39. The molecule has 2 heterocycles. The number of H-pyrrole nitrogens is 1. The molecule has 6 heteroatoms. The zero-order chi connectivity index (χ0) is 10.7. The van der Waals surface area contributed by atoms with Gasteiger partial charge in [-0.1, -0.05) is 0 Å². The smallest absolute Gasteiger partial charge is 0.256 e. The summed E-state index contributed by atoms with van der Waals surface area (Å²) in [5, 5.41) is 0. The Kier molecular flexibility index (Phi) is 2.96. The lowest BCUT2D eigenvalue weighted by molar-refractivity contribution is 0.277. The first kappa shape index (κ1) is 10.1. The van der Waals surface area contributed by atoms with E-state index in [1.807, 2.05) is 0 Å². The minimum absolute atomic E-state index is 0.106. The fraction of sp³-hybridized carbons (Fsp3) is 0.111. The van der Waals surface area contributed by atoms with Gasteiger partial charge in [-0.3, -0.25) is 0 Å². The molecule has 0 aliphatic heterocycles. The van der Waals surface area contributed by atoms with E-state index in [2.05, 4.69) is 30.9 Å². The van der Waals surface area contributed by atoms with Crippen LogP contribution in [0.4, 0.5) is 4.39 Å². The molecule has 4 nitrogen and oxygen atoms in total. The van der Waals surface area contributed by atoms with Crippen LogP contribution in [0.2, 0.25) is 0 Å². The summed E-state index contributed by atoms with van der Waals surface area (Å²) in [7, 11) is 0. The van der Waals surface area contributed by atoms with E-state index in [4.69, 9.17) is 4.74 Å². The van der Waals surface area contributed by atoms with Crippen LogP contribution < -0.4 is 4.74 Å². The predicted octanol–water partition coefficient (Wildman–Crippen LogP) is 2.29. The van der Waals surface area contributed by atoms with Crippen molar-refractivity contribution in [2.75, 3.05) is 0 Å². The number of hydrogen-bond donors (Lipinski definition) is 1. The lowest BCUT2D eigenvalue weighted by atomic mass is 10.4. The number of pyridine rings is 1. The second-order valence-electron chi connectivity index (χ2n) is 2.75. The van der Waals surface area contributed by atoms with Gasteiger partial charge in [0.05, 0.1) is 0 Å². The maximum atomic E-state index is 13.2. The van der Waals surface area contributed by atoms with Gasteiger partial charge >= 0.3 is 0 Å². The molecule has 0 saturated heterocycles. The second-order valence-corrected chi connectivity index (χ2v) is 3.56. The molecule has 2 aromatic rings. The molecule has 0 fully saturated rings. The van der Waals surface area contributed by atoms with Gasteiger partial charge in [-0.2, -0.15) is 4.39 Å². The average Bonchev–Trinajstić information content (AvgIpc) is 2.69. The molecule has 0 saturated carbocycles. The minimum Gasteiger partial charge on any atom is -0.481 e. The number of aromatic amines is 1. The van der Waals surface area contributed by atoms with E-state index >= 15 is 0 Å². The van der Waals surface area contributed by atoms with Crippen molar-refractivity contribution < 1.29 is 9.13 Å². The van der Waals surface area contributed by atoms with Crippen molar-refractivity contribution >= 4 is 15.9 Å². The largest absolute Gasteiger partial charge is 0.481 e. The highest BCUT2D eigenvalue weighted by atomic mass is 79.9. The summed E-state index contributed by atoms with van der Waals surface area (Å²) in [6.07, 6.45) is 3.28. The van der Waals surface area contributed by atoms with E-state index in [1.165, 1.54) is 6.07 Å². The van der Waals surface area contributed by atoms with Gasteiger partial charge in [-0.05, 0) is 28.1 Å². The molecule has 0 unspecified atom stereocenters. The van der Waals surface area contributed by atoms with Gasteiger partial charge in [0.1, 0.15) is 17.0 Å². The number of hydrogen-bond acceptors (Lipinski definition) is 3. The fourth-order valence-electron chi connectivity index (χ4n) is 1.03. The number of nitrogens with zero attached hydrogens (tertiary/aromatic N) is 2. The van der Waals surface area contributed by atoms with Gasteiger partial charge in [-0.25, -0.2) is 9.97 Å². The Morgan fingerprint density at radius 1 is 1.47 bits per heavy atom. The molecule has 2 rings (SSSR count). The van der Waals surface area contributed by atoms with Gasteiger partial charge in [0.2, 0.25) is 0 Å².